The van der Waals surface area contributed by atoms with E-state index < -0.39 is 0 Å². The topological polar surface area (TPSA) is 50.7 Å². The van der Waals surface area contributed by atoms with E-state index in [0.29, 0.717) is 12.0 Å². The SMILES string of the molecule is COC(C)(C)CCOCCC1CCCC1(CO)NC(C)C. The summed E-state index contributed by atoms with van der Waals surface area (Å²) < 4.78 is 11.2. The van der Waals surface area contributed by atoms with Gasteiger partial charge in [0.25, 0.3) is 0 Å². The molecule has 1 saturated carbocycles. The Balaban J connectivity index is 2.33. The van der Waals surface area contributed by atoms with Crippen LogP contribution in [0.25, 0.3) is 0 Å². The largest absolute Gasteiger partial charge is 0.394 e. The maximum absolute atomic E-state index is 9.86. The summed E-state index contributed by atoms with van der Waals surface area (Å²) in [6, 6.07) is 0.404. The van der Waals surface area contributed by atoms with E-state index in [0.717, 1.165) is 32.5 Å². The smallest absolute Gasteiger partial charge is 0.0644 e. The summed E-state index contributed by atoms with van der Waals surface area (Å²) in [5.74, 6) is 0.514. The minimum Gasteiger partial charge on any atom is -0.394 e. The van der Waals surface area contributed by atoms with Crippen LogP contribution in [0.3, 0.4) is 0 Å². The van der Waals surface area contributed by atoms with Crippen LogP contribution < -0.4 is 5.32 Å². The highest BCUT2D eigenvalue weighted by atomic mass is 16.5. The Morgan fingerprint density at radius 2 is 2.05 bits per heavy atom. The zero-order valence-corrected chi connectivity index (χ0v) is 14.6. The van der Waals surface area contributed by atoms with Gasteiger partial charge in [0.2, 0.25) is 0 Å². The highest BCUT2D eigenvalue weighted by Crippen LogP contribution is 2.38. The van der Waals surface area contributed by atoms with Crippen molar-refractivity contribution < 1.29 is 14.6 Å². The lowest BCUT2D eigenvalue weighted by atomic mass is 9.85. The van der Waals surface area contributed by atoms with Gasteiger partial charge in [-0.2, -0.15) is 0 Å². The molecule has 0 aromatic heterocycles. The molecule has 21 heavy (non-hydrogen) atoms. The molecule has 1 fully saturated rings. The number of hydrogen-bond acceptors (Lipinski definition) is 4. The van der Waals surface area contributed by atoms with Crippen molar-refractivity contribution in [3.63, 3.8) is 0 Å². The number of aliphatic hydroxyl groups excluding tert-OH is 1. The lowest BCUT2D eigenvalue weighted by Gasteiger charge is -2.37. The first-order valence-corrected chi connectivity index (χ1v) is 8.37. The van der Waals surface area contributed by atoms with Crippen molar-refractivity contribution in [1.29, 1.82) is 0 Å². The average molecular weight is 301 g/mol. The average Bonchev–Trinajstić information content (AvgIpc) is 2.81. The van der Waals surface area contributed by atoms with Crippen molar-refractivity contribution in [3.8, 4) is 0 Å². The van der Waals surface area contributed by atoms with Crippen molar-refractivity contribution in [2.75, 3.05) is 26.9 Å². The van der Waals surface area contributed by atoms with Crippen LogP contribution >= 0.6 is 0 Å². The molecule has 0 aromatic rings. The first-order valence-electron chi connectivity index (χ1n) is 8.37. The summed E-state index contributed by atoms with van der Waals surface area (Å²) in [4.78, 5) is 0. The van der Waals surface area contributed by atoms with Crippen LogP contribution in [0, 0.1) is 5.92 Å². The molecule has 0 spiro atoms. The molecule has 4 nitrogen and oxygen atoms in total. The molecular formula is C17H35NO3. The van der Waals surface area contributed by atoms with Gasteiger partial charge in [0.05, 0.1) is 12.2 Å². The molecule has 126 valence electrons. The van der Waals surface area contributed by atoms with Gasteiger partial charge in [0.15, 0.2) is 0 Å². The number of nitrogens with one attached hydrogen (secondary N) is 1. The van der Waals surface area contributed by atoms with Crippen molar-refractivity contribution in [2.24, 2.45) is 5.92 Å². The predicted molar refractivity (Wildman–Crippen MR) is 86.6 cm³/mol. The van der Waals surface area contributed by atoms with E-state index in [2.05, 4.69) is 33.0 Å². The Morgan fingerprint density at radius 3 is 2.62 bits per heavy atom. The van der Waals surface area contributed by atoms with Gasteiger partial charge in [0.1, 0.15) is 0 Å². The van der Waals surface area contributed by atoms with E-state index >= 15 is 0 Å². The minimum absolute atomic E-state index is 0.0939. The van der Waals surface area contributed by atoms with Gasteiger partial charge in [-0.05, 0) is 45.4 Å². The number of hydrogen-bond donors (Lipinski definition) is 2. The number of methoxy groups -OCH3 is 1. The van der Waals surface area contributed by atoms with Gasteiger partial charge < -0.3 is 19.9 Å². The third-order valence-electron chi connectivity index (χ3n) is 4.83. The lowest BCUT2D eigenvalue weighted by Crippen LogP contribution is -2.54. The van der Waals surface area contributed by atoms with E-state index in [9.17, 15) is 5.11 Å². The van der Waals surface area contributed by atoms with Crippen molar-refractivity contribution in [1.82, 2.24) is 5.32 Å². The van der Waals surface area contributed by atoms with Crippen LogP contribution in [-0.2, 0) is 9.47 Å². The van der Waals surface area contributed by atoms with E-state index in [4.69, 9.17) is 9.47 Å². The van der Waals surface area contributed by atoms with Crippen LogP contribution in [0.5, 0.6) is 0 Å². The van der Waals surface area contributed by atoms with Gasteiger partial charge in [-0.3, -0.25) is 0 Å². The molecule has 0 amide bonds. The minimum atomic E-state index is -0.110. The molecule has 1 rings (SSSR count). The van der Waals surface area contributed by atoms with E-state index in [1.165, 1.54) is 12.8 Å². The molecule has 2 N–H and O–H groups in total. The molecular weight excluding hydrogens is 266 g/mol. The normalized spacial score (nSPS) is 26.7. The van der Waals surface area contributed by atoms with Gasteiger partial charge in [-0.25, -0.2) is 0 Å². The Hall–Kier alpha value is -0.160. The molecule has 4 heteroatoms. The van der Waals surface area contributed by atoms with Crippen LogP contribution in [0.1, 0.15) is 59.8 Å². The molecule has 0 radical (unpaired) electrons. The third-order valence-corrected chi connectivity index (χ3v) is 4.83. The first kappa shape index (κ1) is 18.9. The molecule has 0 saturated heterocycles. The van der Waals surface area contributed by atoms with Crippen LogP contribution in [-0.4, -0.2) is 49.2 Å². The molecule has 1 aliphatic rings. The standard InChI is InChI=1S/C17H35NO3/c1-14(2)18-17(13-19)9-6-7-15(17)8-11-21-12-10-16(3,4)20-5/h14-15,18-19H,6-13H2,1-5H3. The highest BCUT2D eigenvalue weighted by Gasteiger charge is 2.42. The van der Waals surface area contributed by atoms with E-state index in [-0.39, 0.29) is 17.7 Å². The van der Waals surface area contributed by atoms with Crippen molar-refractivity contribution >= 4 is 0 Å². The maximum atomic E-state index is 9.86. The van der Waals surface area contributed by atoms with Crippen LogP contribution in [0.2, 0.25) is 0 Å². The van der Waals surface area contributed by atoms with Gasteiger partial charge >= 0.3 is 0 Å². The van der Waals surface area contributed by atoms with Crippen molar-refractivity contribution in [2.45, 2.75) is 77.0 Å². The van der Waals surface area contributed by atoms with Crippen LogP contribution in [0.4, 0.5) is 0 Å². The molecule has 2 unspecified atom stereocenters. The quantitative estimate of drug-likeness (QED) is 0.609. The Bertz CT molecular complexity index is 294. The summed E-state index contributed by atoms with van der Waals surface area (Å²) in [5.41, 5.74) is -0.204. The Labute approximate surface area is 130 Å². The third kappa shape index (κ3) is 5.85. The van der Waals surface area contributed by atoms with E-state index in [1.54, 1.807) is 7.11 Å². The fourth-order valence-electron chi connectivity index (χ4n) is 3.33. The molecule has 2 atom stereocenters. The summed E-state index contributed by atoms with van der Waals surface area (Å²) >= 11 is 0. The zero-order chi connectivity index (χ0) is 15.9. The van der Waals surface area contributed by atoms with Crippen molar-refractivity contribution in [3.05, 3.63) is 0 Å². The Morgan fingerprint density at radius 1 is 1.33 bits per heavy atom. The summed E-state index contributed by atoms with van der Waals surface area (Å²) in [7, 11) is 1.74. The summed E-state index contributed by atoms with van der Waals surface area (Å²) in [6.07, 6.45) is 5.38. The van der Waals surface area contributed by atoms with Crippen LogP contribution in [0.15, 0.2) is 0 Å². The number of ether oxygens (including phenoxy) is 2. The molecule has 0 aliphatic heterocycles. The number of aliphatic hydroxyl groups is 1. The second-order valence-corrected chi connectivity index (χ2v) is 7.32. The maximum Gasteiger partial charge on any atom is 0.0644 e. The summed E-state index contributed by atoms with van der Waals surface area (Å²) in [6.45, 7) is 10.2. The molecule has 0 aromatic carbocycles. The monoisotopic (exact) mass is 301 g/mol. The van der Waals surface area contributed by atoms with E-state index in [1.807, 2.05) is 0 Å². The van der Waals surface area contributed by atoms with Gasteiger partial charge in [-0.15, -0.1) is 0 Å². The fraction of sp³-hybridized carbons (Fsp3) is 1.00. The van der Waals surface area contributed by atoms with Gasteiger partial charge in [-0.1, -0.05) is 20.3 Å². The Kier molecular flexibility index (Phi) is 7.62. The molecule has 0 heterocycles. The highest BCUT2D eigenvalue weighted by molar-refractivity contribution is 4.99. The summed E-state index contributed by atoms with van der Waals surface area (Å²) in [5, 5.41) is 13.5. The lowest BCUT2D eigenvalue weighted by molar-refractivity contribution is -0.0129. The van der Waals surface area contributed by atoms with Gasteiger partial charge in [0, 0.05) is 31.9 Å². The first-order chi connectivity index (χ1) is 9.85. The zero-order valence-electron chi connectivity index (χ0n) is 14.6. The second-order valence-electron chi connectivity index (χ2n) is 7.32. The fourth-order valence-corrected chi connectivity index (χ4v) is 3.33. The molecule has 1 aliphatic carbocycles. The number of rotatable bonds is 10. The predicted octanol–water partition coefficient (Wildman–Crippen LogP) is 2.74. The second kappa shape index (κ2) is 8.47. The molecule has 0 bridgehead atoms.